The number of aliphatic hydroxyl groups excluding tert-OH is 1. The van der Waals surface area contributed by atoms with Crippen LogP contribution in [-0.2, 0) is 17.8 Å². The molecule has 31 heavy (non-hydrogen) atoms. The number of ether oxygens (including phenoxy) is 2. The van der Waals surface area contributed by atoms with Crippen LogP contribution >= 0.6 is 11.6 Å². The first-order valence-corrected chi connectivity index (χ1v) is 10.2. The average Bonchev–Trinajstić information content (AvgIpc) is 2.80. The molecule has 0 aliphatic rings. The SMILES string of the molecule is COc1cc(CCNC(=O)/C(=C\O)c2ccc(Cl)cc2)ccc1OCc1ccccc1. The highest BCUT2D eigenvalue weighted by Gasteiger charge is 2.12. The van der Waals surface area contributed by atoms with E-state index in [1.165, 1.54) is 0 Å². The second-order valence-corrected chi connectivity index (χ2v) is 7.25. The van der Waals surface area contributed by atoms with Crippen molar-refractivity contribution >= 4 is 23.1 Å². The summed E-state index contributed by atoms with van der Waals surface area (Å²) in [4.78, 5) is 12.4. The van der Waals surface area contributed by atoms with Gasteiger partial charge in [-0.15, -0.1) is 0 Å². The molecular weight excluding hydrogens is 414 g/mol. The molecule has 0 aliphatic heterocycles. The van der Waals surface area contributed by atoms with Crippen LogP contribution in [0.3, 0.4) is 0 Å². The lowest BCUT2D eigenvalue weighted by Crippen LogP contribution is -2.26. The van der Waals surface area contributed by atoms with Gasteiger partial charge in [0.2, 0.25) is 0 Å². The van der Waals surface area contributed by atoms with Gasteiger partial charge in [-0.25, -0.2) is 0 Å². The van der Waals surface area contributed by atoms with E-state index in [0.717, 1.165) is 17.4 Å². The van der Waals surface area contributed by atoms with Gasteiger partial charge < -0.3 is 19.9 Å². The minimum Gasteiger partial charge on any atom is -0.515 e. The van der Waals surface area contributed by atoms with Gasteiger partial charge >= 0.3 is 0 Å². The molecule has 6 heteroatoms. The summed E-state index contributed by atoms with van der Waals surface area (Å²) < 4.78 is 11.3. The van der Waals surface area contributed by atoms with Gasteiger partial charge in [-0.05, 0) is 47.4 Å². The fourth-order valence-corrected chi connectivity index (χ4v) is 3.16. The molecule has 0 heterocycles. The molecule has 160 valence electrons. The van der Waals surface area contributed by atoms with Crippen LogP contribution in [0.1, 0.15) is 16.7 Å². The van der Waals surface area contributed by atoms with E-state index in [1.54, 1.807) is 31.4 Å². The molecule has 0 fully saturated rings. The van der Waals surface area contributed by atoms with Crippen LogP contribution in [0.15, 0.2) is 79.1 Å². The summed E-state index contributed by atoms with van der Waals surface area (Å²) in [6.07, 6.45) is 1.40. The lowest BCUT2D eigenvalue weighted by molar-refractivity contribution is -0.115. The van der Waals surface area contributed by atoms with Crippen molar-refractivity contribution in [1.29, 1.82) is 0 Å². The summed E-state index contributed by atoms with van der Waals surface area (Å²) >= 11 is 5.88. The summed E-state index contributed by atoms with van der Waals surface area (Å²) in [6.45, 7) is 0.852. The molecular formula is C25H24ClNO4. The highest BCUT2D eigenvalue weighted by Crippen LogP contribution is 2.29. The molecule has 3 rings (SSSR count). The molecule has 3 aromatic carbocycles. The van der Waals surface area contributed by atoms with Crippen LogP contribution < -0.4 is 14.8 Å². The Kier molecular flexibility index (Phi) is 7.96. The standard InChI is InChI=1S/C25H24ClNO4/c1-30-24-15-18(7-12-23(24)31-17-19-5-3-2-4-6-19)13-14-27-25(29)22(16-28)20-8-10-21(26)11-9-20/h2-12,15-16,28H,13-14,17H2,1H3,(H,27,29)/b22-16-. The van der Waals surface area contributed by atoms with Crippen molar-refractivity contribution in [3.05, 3.63) is 101 Å². The summed E-state index contributed by atoms with van der Waals surface area (Å²) in [5.41, 5.74) is 2.83. The second kappa shape index (κ2) is 11.1. The van der Waals surface area contributed by atoms with E-state index < -0.39 is 0 Å². The number of aliphatic hydroxyl groups is 1. The fourth-order valence-electron chi connectivity index (χ4n) is 3.03. The van der Waals surface area contributed by atoms with Crippen molar-refractivity contribution in [3.63, 3.8) is 0 Å². The number of benzene rings is 3. The zero-order valence-corrected chi connectivity index (χ0v) is 17.9. The Morgan fingerprint density at radius 2 is 1.74 bits per heavy atom. The van der Waals surface area contributed by atoms with Crippen LogP contribution in [0.2, 0.25) is 5.02 Å². The van der Waals surface area contributed by atoms with Gasteiger partial charge in [-0.1, -0.05) is 60.1 Å². The van der Waals surface area contributed by atoms with E-state index >= 15 is 0 Å². The van der Waals surface area contributed by atoms with Crippen molar-refractivity contribution < 1.29 is 19.4 Å². The van der Waals surface area contributed by atoms with Gasteiger partial charge in [-0.2, -0.15) is 0 Å². The maximum absolute atomic E-state index is 12.4. The van der Waals surface area contributed by atoms with Crippen molar-refractivity contribution in [2.75, 3.05) is 13.7 Å². The number of carbonyl (C=O) groups is 1. The molecule has 0 bridgehead atoms. The van der Waals surface area contributed by atoms with Gasteiger partial charge in [0.05, 0.1) is 18.9 Å². The van der Waals surface area contributed by atoms with Crippen molar-refractivity contribution in [2.24, 2.45) is 0 Å². The molecule has 5 nitrogen and oxygen atoms in total. The average molecular weight is 438 g/mol. The molecule has 0 saturated heterocycles. The third-order valence-electron chi connectivity index (χ3n) is 4.69. The zero-order chi connectivity index (χ0) is 22.1. The number of halogens is 1. The van der Waals surface area contributed by atoms with Gasteiger partial charge in [-0.3, -0.25) is 4.79 Å². The summed E-state index contributed by atoms with van der Waals surface area (Å²) in [6, 6.07) is 22.3. The number of amides is 1. The van der Waals surface area contributed by atoms with Crippen molar-refractivity contribution in [2.45, 2.75) is 13.0 Å². The topological polar surface area (TPSA) is 67.8 Å². The van der Waals surface area contributed by atoms with E-state index in [0.29, 0.717) is 41.7 Å². The van der Waals surface area contributed by atoms with Crippen LogP contribution in [0, 0.1) is 0 Å². The largest absolute Gasteiger partial charge is 0.515 e. The highest BCUT2D eigenvalue weighted by atomic mass is 35.5. The van der Waals surface area contributed by atoms with E-state index in [-0.39, 0.29) is 11.5 Å². The van der Waals surface area contributed by atoms with E-state index in [2.05, 4.69) is 5.32 Å². The number of hydrogen-bond acceptors (Lipinski definition) is 4. The lowest BCUT2D eigenvalue weighted by Gasteiger charge is -2.13. The summed E-state index contributed by atoms with van der Waals surface area (Å²) in [5, 5.41) is 12.9. The Morgan fingerprint density at radius 1 is 1.00 bits per heavy atom. The van der Waals surface area contributed by atoms with Crippen molar-refractivity contribution in [1.82, 2.24) is 5.32 Å². The van der Waals surface area contributed by atoms with Gasteiger partial charge in [0, 0.05) is 11.6 Å². The summed E-state index contributed by atoms with van der Waals surface area (Å²) in [5.74, 6) is 0.934. The number of hydrogen-bond donors (Lipinski definition) is 2. The maximum Gasteiger partial charge on any atom is 0.255 e. The monoisotopic (exact) mass is 437 g/mol. The lowest BCUT2D eigenvalue weighted by atomic mass is 10.1. The third kappa shape index (κ3) is 6.27. The maximum atomic E-state index is 12.4. The minimum atomic E-state index is -0.361. The first-order valence-electron chi connectivity index (χ1n) is 9.83. The molecule has 1 amide bonds. The number of rotatable bonds is 9. The molecule has 0 aromatic heterocycles. The normalized spacial score (nSPS) is 11.1. The van der Waals surface area contributed by atoms with Gasteiger partial charge in [0.25, 0.3) is 5.91 Å². The summed E-state index contributed by atoms with van der Waals surface area (Å²) in [7, 11) is 1.60. The Balaban J connectivity index is 1.56. The molecule has 0 spiro atoms. The fraction of sp³-hybridized carbons (Fsp3) is 0.160. The minimum absolute atomic E-state index is 0.180. The van der Waals surface area contributed by atoms with E-state index in [1.807, 2.05) is 48.5 Å². The highest BCUT2D eigenvalue weighted by molar-refractivity contribution is 6.30. The molecule has 0 saturated carbocycles. The van der Waals surface area contributed by atoms with Gasteiger partial charge in [0.15, 0.2) is 11.5 Å². The first kappa shape index (κ1) is 22.2. The zero-order valence-electron chi connectivity index (χ0n) is 17.2. The smallest absolute Gasteiger partial charge is 0.255 e. The molecule has 0 atom stereocenters. The molecule has 0 unspecified atom stereocenters. The van der Waals surface area contributed by atoms with Crippen LogP contribution in [0.5, 0.6) is 11.5 Å². The van der Waals surface area contributed by atoms with E-state index in [4.69, 9.17) is 21.1 Å². The Labute approximate surface area is 186 Å². The number of nitrogens with one attached hydrogen (secondary N) is 1. The molecule has 0 aliphatic carbocycles. The molecule has 2 N–H and O–H groups in total. The van der Waals surface area contributed by atoms with Crippen molar-refractivity contribution in [3.8, 4) is 11.5 Å². The predicted molar refractivity (Wildman–Crippen MR) is 123 cm³/mol. The number of carbonyl (C=O) groups excluding carboxylic acids is 1. The Hall–Kier alpha value is -3.44. The number of methoxy groups -OCH3 is 1. The van der Waals surface area contributed by atoms with Crippen LogP contribution in [0.4, 0.5) is 0 Å². The third-order valence-corrected chi connectivity index (χ3v) is 4.95. The first-order chi connectivity index (χ1) is 15.1. The van der Waals surface area contributed by atoms with Crippen LogP contribution in [-0.4, -0.2) is 24.7 Å². The van der Waals surface area contributed by atoms with Crippen LogP contribution in [0.25, 0.3) is 5.57 Å². The van der Waals surface area contributed by atoms with E-state index in [9.17, 15) is 9.90 Å². The quantitative estimate of drug-likeness (QED) is 0.357. The van der Waals surface area contributed by atoms with Gasteiger partial charge in [0.1, 0.15) is 6.61 Å². The second-order valence-electron chi connectivity index (χ2n) is 6.82. The Bertz CT molecular complexity index is 1030. The predicted octanol–water partition coefficient (Wildman–Crippen LogP) is 5.19. The molecule has 0 radical (unpaired) electrons. The Morgan fingerprint density at radius 3 is 2.42 bits per heavy atom. The molecule has 3 aromatic rings.